The molecule has 20 heteroatoms. The number of rotatable bonds is 11. The molecule has 3 N–H and O–H groups in total. The highest BCUT2D eigenvalue weighted by atomic mass is 35.5. The summed E-state index contributed by atoms with van der Waals surface area (Å²) in [6.07, 6.45) is -8.41. The minimum absolute atomic E-state index is 0.0604. The number of aliphatic imine (C=N–C) groups is 1. The monoisotopic (exact) mass is 666 g/mol. The number of carbonyl (C=O) groups is 1. The lowest BCUT2D eigenvalue weighted by molar-refractivity contribution is -0.342. The number of aryl methyl sites for hydroxylation is 1. The zero-order valence-corrected chi connectivity index (χ0v) is 22.6. The van der Waals surface area contributed by atoms with Gasteiger partial charge >= 0.3 is 30.4 Å². The summed E-state index contributed by atoms with van der Waals surface area (Å²) in [7, 11) is 0.798. The molecule has 0 radical (unpaired) electrons. The Bertz CT molecular complexity index is 1530. The van der Waals surface area contributed by atoms with E-state index in [0.29, 0.717) is 23.7 Å². The minimum atomic E-state index is -6.73. The predicted molar refractivity (Wildman–Crippen MR) is 131 cm³/mol. The molecular formula is C24H18ClF11N6O2. The van der Waals surface area contributed by atoms with Crippen molar-refractivity contribution in [1.82, 2.24) is 15.1 Å². The van der Waals surface area contributed by atoms with E-state index in [4.69, 9.17) is 17.3 Å². The maximum atomic E-state index is 13.9. The van der Waals surface area contributed by atoms with Gasteiger partial charge in [0.1, 0.15) is 5.54 Å². The summed E-state index contributed by atoms with van der Waals surface area (Å²) in [5, 5.41) is 14.8. The van der Waals surface area contributed by atoms with Crippen LogP contribution in [0.1, 0.15) is 34.3 Å². The summed E-state index contributed by atoms with van der Waals surface area (Å²) in [6.45, 7) is -2.90. The molecule has 0 bridgehead atoms. The molecule has 8 nitrogen and oxygen atoms in total. The van der Waals surface area contributed by atoms with Crippen LogP contribution in [0.2, 0.25) is 5.02 Å². The van der Waals surface area contributed by atoms with Gasteiger partial charge in [-0.05, 0) is 30.5 Å². The van der Waals surface area contributed by atoms with Crippen molar-refractivity contribution in [3.05, 3.63) is 46.1 Å². The molecule has 0 atom stereocenters. The number of benzene rings is 1. The molecule has 0 spiro atoms. The van der Waals surface area contributed by atoms with Crippen LogP contribution in [-0.4, -0.2) is 58.2 Å². The number of halogens is 12. The Labute approximate surface area is 244 Å². The number of nitriles is 1. The van der Waals surface area contributed by atoms with Crippen molar-refractivity contribution in [2.45, 2.75) is 48.7 Å². The van der Waals surface area contributed by atoms with Gasteiger partial charge in [-0.15, -0.1) is 5.10 Å². The smallest absolute Gasteiger partial charge is 0.425 e. The fourth-order valence-electron chi connectivity index (χ4n) is 3.52. The van der Waals surface area contributed by atoms with Crippen LogP contribution in [0.5, 0.6) is 5.88 Å². The molecule has 3 rings (SSSR count). The maximum Gasteiger partial charge on any atom is 0.425 e. The second kappa shape index (κ2) is 11.8. The van der Waals surface area contributed by atoms with Crippen molar-refractivity contribution < 1.29 is 57.8 Å². The molecule has 240 valence electrons. The number of hydrogen-bond acceptors (Lipinski definition) is 6. The van der Waals surface area contributed by atoms with Gasteiger partial charge in [-0.1, -0.05) is 17.7 Å². The fourth-order valence-corrected chi connectivity index (χ4v) is 3.72. The average Bonchev–Trinajstić information content (AvgIpc) is 3.61. The molecule has 1 aromatic heterocycles. The van der Waals surface area contributed by atoms with Gasteiger partial charge in [-0.2, -0.15) is 44.8 Å². The van der Waals surface area contributed by atoms with E-state index in [1.165, 1.54) is 18.2 Å². The lowest BCUT2D eigenvalue weighted by Gasteiger charge is -2.31. The number of carbonyl (C=O) groups excluding carboxylic acids is 1. The van der Waals surface area contributed by atoms with E-state index < -0.39 is 65.7 Å². The van der Waals surface area contributed by atoms with E-state index in [9.17, 15) is 58.4 Å². The van der Waals surface area contributed by atoms with Crippen LogP contribution in [0.15, 0.2) is 29.4 Å². The Morgan fingerprint density at radius 2 is 1.84 bits per heavy atom. The van der Waals surface area contributed by atoms with Crippen LogP contribution >= 0.6 is 11.6 Å². The first kappa shape index (κ1) is 34.4. The van der Waals surface area contributed by atoms with E-state index in [2.05, 4.69) is 20.1 Å². The molecule has 44 heavy (non-hydrogen) atoms. The van der Waals surface area contributed by atoms with Gasteiger partial charge in [0.25, 0.3) is 5.91 Å². The van der Waals surface area contributed by atoms with Crippen LogP contribution in [0, 0.1) is 11.3 Å². The number of hydrogen-bond donors (Lipinski definition) is 2. The van der Waals surface area contributed by atoms with Gasteiger partial charge in [0.05, 0.1) is 16.7 Å². The number of nitrogens with one attached hydrogen (secondary N) is 1. The van der Waals surface area contributed by atoms with Crippen molar-refractivity contribution in [3.8, 4) is 11.9 Å². The van der Waals surface area contributed by atoms with Gasteiger partial charge in [-0.25, -0.2) is 18.5 Å². The highest BCUT2D eigenvalue weighted by Gasteiger charge is 2.75. The Balaban J connectivity index is 1.94. The first-order chi connectivity index (χ1) is 20.1. The molecule has 1 heterocycles. The summed E-state index contributed by atoms with van der Waals surface area (Å²) in [6, 6.07) is 5.64. The second-order valence-electron chi connectivity index (χ2n) is 9.34. The average molecular weight is 667 g/mol. The Hall–Kier alpha value is -4.08. The highest BCUT2D eigenvalue weighted by Crippen LogP contribution is 2.49. The number of ether oxygens (including phenoxy) is 1. The standard InChI is InChI=1S/C24H18ClF11N6O2/c1-42-16(15(23(32,33)34)18(41-42)44-10-21(28,29)24(35,36)22(30,31)19(26)27)39-8-12(7-37)11-2-3-14(25)13(6-11)17(43)40-20(9-38)4-5-20/h2-3,6-8,19H,4-5,10,37H2,1H3,(H,40,43). The van der Waals surface area contributed by atoms with Gasteiger partial charge in [-0.3, -0.25) is 4.79 Å². The first-order valence-corrected chi connectivity index (χ1v) is 12.2. The number of nitrogens with zero attached hydrogens (tertiary/aromatic N) is 4. The van der Waals surface area contributed by atoms with Crippen molar-refractivity contribution in [1.29, 1.82) is 5.26 Å². The third-order valence-corrected chi connectivity index (χ3v) is 6.51. The van der Waals surface area contributed by atoms with Crippen molar-refractivity contribution in [2.75, 3.05) is 6.61 Å². The SMILES string of the molecule is Cn1nc(OCC(F)(F)C(F)(F)C(F)(F)C(F)F)c(C(F)(F)F)c1N=CC(=CN)c1ccc(Cl)c(C(=O)NC2(C#N)CC2)c1. The predicted octanol–water partition coefficient (Wildman–Crippen LogP) is 6.13. The van der Waals surface area contributed by atoms with Crippen molar-refractivity contribution in [3.63, 3.8) is 0 Å². The van der Waals surface area contributed by atoms with Crippen LogP contribution in [0.25, 0.3) is 5.57 Å². The summed E-state index contributed by atoms with van der Waals surface area (Å²) < 4.78 is 152. The van der Waals surface area contributed by atoms with Gasteiger partial charge < -0.3 is 15.8 Å². The van der Waals surface area contributed by atoms with Gasteiger partial charge in [0.15, 0.2) is 18.0 Å². The van der Waals surface area contributed by atoms with E-state index in [0.717, 1.165) is 13.2 Å². The quantitative estimate of drug-likeness (QED) is 0.221. The van der Waals surface area contributed by atoms with Gasteiger partial charge in [0.2, 0.25) is 5.88 Å². The van der Waals surface area contributed by atoms with E-state index in [-0.39, 0.29) is 21.7 Å². The molecule has 0 unspecified atom stereocenters. The molecule has 1 aliphatic carbocycles. The van der Waals surface area contributed by atoms with E-state index in [1.807, 2.05) is 6.07 Å². The topological polar surface area (TPSA) is 118 Å². The zero-order valence-electron chi connectivity index (χ0n) is 21.8. The largest absolute Gasteiger partial charge is 0.469 e. The zero-order chi connectivity index (χ0) is 33.5. The number of nitrogens with two attached hydrogens (primary N) is 1. The van der Waals surface area contributed by atoms with Crippen molar-refractivity contribution >= 4 is 35.1 Å². The summed E-state index contributed by atoms with van der Waals surface area (Å²) >= 11 is 6.07. The molecule has 1 saturated carbocycles. The van der Waals surface area contributed by atoms with Crippen LogP contribution in [-0.2, 0) is 13.2 Å². The summed E-state index contributed by atoms with van der Waals surface area (Å²) in [5.41, 5.74) is 2.26. The molecule has 1 amide bonds. The van der Waals surface area contributed by atoms with E-state index in [1.54, 1.807) is 0 Å². The molecule has 1 aromatic carbocycles. The Kier molecular flexibility index (Phi) is 9.21. The normalized spacial score (nSPS) is 15.9. The third kappa shape index (κ3) is 6.54. The molecular weight excluding hydrogens is 649 g/mol. The number of amides is 1. The summed E-state index contributed by atoms with van der Waals surface area (Å²) in [4.78, 5) is 16.2. The van der Waals surface area contributed by atoms with Crippen molar-refractivity contribution in [2.24, 2.45) is 17.8 Å². The van der Waals surface area contributed by atoms with Crippen LogP contribution in [0.4, 0.5) is 54.1 Å². The first-order valence-electron chi connectivity index (χ1n) is 11.8. The fraction of sp³-hybridized carbons (Fsp3) is 0.417. The maximum absolute atomic E-state index is 13.9. The number of allylic oxidation sites excluding steroid dienone is 1. The highest BCUT2D eigenvalue weighted by molar-refractivity contribution is 6.34. The second-order valence-corrected chi connectivity index (χ2v) is 9.75. The molecule has 1 aliphatic rings. The minimum Gasteiger partial charge on any atom is -0.469 e. The lowest BCUT2D eigenvalue weighted by atomic mass is 10.0. The molecule has 0 aliphatic heterocycles. The molecule has 0 saturated heterocycles. The van der Waals surface area contributed by atoms with Gasteiger partial charge in [0, 0.05) is 25.0 Å². The number of alkyl halides is 11. The number of aromatic nitrogens is 2. The van der Waals surface area contributed by atoms with Crippen LogP contribution in [0.3, 0.4) is 0 Å². The van der Waals surface area contributed by atoms with Crippen LogP contribution < -0.4 is 15.8 Å². The third-order valence-electron chi connectivity index (χ3n) is 6.18. The Morgan fingerprint density at radius 3 is 2.34 bits per heavy atom. The molecule has 1 fully saturated rings. The Morgan fingerprint density at radius 1 is 1.23 bits per heavy atom. The summed E-state index contributed by atoms with van der Waals surface area (Å²) in [5.74, 6) is -23.1. The molecule has 2 aromatic rings. The van der Waals surface area contributed by atoms with E-state index >= 15 is 0 Å². The lowest BCUT2D eigenvalue weighted by Crippen LogP contribution is -2.59.